The lowest BCUT2D eigenvalue weighted by atomic mass is 10.0. The fourth-order valence-electron chi connectivity index (χ4n) is 2.38. The summed E-state index contributed by atoms with van der Waals surface area (Å²) in [6, 6.07) is 16.4. The largest absolute Gasteiger partial charge is 0.395 e. The Balaban J connectivity index is 2.15. The minimum atomic E-state index is -0.376. The van der Waals surface area contributed by atoms with Crippen molar-refractivity contribution in [3.63, 3.8) is 0 Å². The first kappa shape index (κ1) is 16.2. The highest BCUT2D eigenvalue weighted by atomic mass is 35.5. The van der Waals surface area contributed by atoms with Gasteiger partial charge in [-0.2, -0.15) is 0 Å². The van der Waals surface area contributed by atoms with Gasteiger partial charge in [-0.3, -0.25) is 4.79 Å². The van der Waals surface area contributed by atoms with E-state index in [1.54, 1.807) is 18.2 Å². The highest BCUT2D eigenvalue weighted by Gasteiger charge is 2.25. The quantitative estimate of drug-likeness (QED) is 0.745. The minimum Gasteiger partial charge on any atom is -0.395 e. The van der Waals surface area contributed by atoms with Gasteiger partial charge >= 0.3 is 0 Å². The van der Waals surface area contributed by atoms with Crippen molar-refractivity contribution >= 4 is 17.5 Å². The molecule has 1 aromatic heterocycles. The molecule has 5 nitrogen and oxygen atoms in total. The topological polar surface area (TPSA) is 75.4 Å². The molecule has 0 atom stereocenters. The number of aromatic nitrogens is 1. The summed E-state index contributed by atoms with van der Waals surface area (Å²) in [6.45, 7) is -0.0146. The van der Waals surface area contributed by atoms with Crippen LogP contribution in [0.1, 0.15) is 10.4 Å². The Morgan fingerprint density at radius 1 is 1.12 bits per heavy atom. The lowest BCUT2D eigenvalue weighted by molar-refractivity contribution is 0.0945. The van der Waals surface area contributed by atoms with Crippen molar-refractivity contribution in [3.8, 4) is 22.6 Å². The molecule has 1 heterocycles. The van der Waals surface area contributed by atoms with Crippen molar-refractivity contribution in [2.45, 2.75) is 0 Å². The first-order valence-corrected chi connectivity index (χ1v) is 7.79. The van der Waals surface area contributed by atoms with E-state index in [-0.39, 0.29) is 19.1 Å². The zero-order chi connectivity index (χ0) is 16.9. The first-order valence-electron chi connectivity index (χ1n) is 7.41. The molecular weight excluding hydrogens is 328 g/mol. The van der Waals surface area contributed by atoms with Gasteiger partial charge in [0.05, 0.1) is 11.6 Å². The molecular formula is C18H15ClN2O3. The molecule has 1 amide bonds. The van der Waals surface area contributed by atoms with Crippen LogP contribution >= 0.6 is 11.6 Å². The predicted molar refractivity (Wildman–Crippen MR) is 91.8 cm³/mol. The number of amides is 1. The number of nitrogens with one attached hydrogen (secondary N) is 1. The molecule has 24 heavy (non-hydrogen) atoms. The number of aliphatic hydroxyl groups excluding tert-OH is 1. The molecule has 0 radical (unpaired) electrons. The van der Waals surface area contributed by atoms with E-state index >= 15 is 0 Å². The summed E-state index contributed by atoms with van der Waals surface area (Å²) in [5.74, 6) is -0.0139. The van der Waals surface area contributed by atoms with Crippen LogP contribution in [0.5, 0.6) is 0 Å². The van der Waals surface area contributed by atoms with Crippen LogP contribution in [0.4, 0.5) is 0 Å². The molecule has 0 fully saturated rings. The molecule has 0 saturated carbocycles. The standard InChI is InChI=1S/C18H15ClN2O3/c19-14-9-5-4-8-13(14)16-15(18(23)20-10-11-22)17(24-21-16)12-6-2-1-3-7-12/h1-9,22H,10-11H2,(H,20,23). The van der Waals surface area contributed by atoms with E-state index in [9.17, 15) is 4.79 Å². The number of benzene rings is 2. The predicted octanol–water partition coefficient (Wildman–Crippen LogP) is 3.38. The summed E-state index contributed by atoms with van der Waals surface area (Å²) in [5, 5.41) is 16.1. The molecule has 0 saturated heterocycles. The maximum Gasteiger partial charge on any atom is 0.257 e. The Kier molecular flexibility index (Phi) is 4.93. The molecule has 122 valence electrons. The zero-order valence-electron chi connectivity index (χ0n) is 12.7. The Morgan fingerprint density at radius 2 is 1.83 bits per heavy atom. The van der Waals surface area contributed by atoms with Crippen molar-refractivity contribution in [1.29, 1.82) is 0 Å². The monoisotopic (exact) mass is 342 g/mol. The van der Waals surface area contributed by atoms with Gasteiger partial charge in [-0.15, -0.1) is 0 Å². The molecule has 0 aliphatic heterocycles. The molecule has 2 N–H and O–H groups in total. The number of hydrogen-bond donors (Lipinski definition) is 2. The SMILES string of the molecule is O=C(NCCO)c1c(-c2ccccc2Cl)noc1-c1ccccc1. The van der Waals surface area contributed by atoms with Crippen molar-refractivity contribution in [1.82, 2.24) is 10.5 Å². The number of carbonyl (C=O) groups excluding carboxylic acids is 1. The number of nitrogens with zero attached hydrogens (tertiary/aromatic N) is 1. The highest BCUT2D eigenvalue weighted by Crippen LogP contribution is 2.35. The van der Waals surface area contributed by atoms with Crippen molar-refractivity contribution in [3.05, 3.63) is 65.2 Å². The number of rotatable bonds is 5. The van der Waals surface area contributed by atoms with Crippen LogP contribution in [0, 0.1) is 0 Å². The molecule has 0 aliphatic carbocycles. The van der Waals surface area contributed by atoms with Crippen LogP contribution in [0.15, 0.2) is 59.1 Å². The maximum absolute atomic E-state index is 12.6. The molecule has 3 rings (SSSR count). The van der Waals surface area contributed by atoms with Gasteiger partial charge in [-0.1, -0.05) is 65.3 Å². The number of hydrogen-bond acceptors (Lipinski definition) is 4. The summed E-state index contributed by atoms with van der Waals surface area (Å²) in [7, 11) is 0. The summed E-state index contributed by atoms with van der Waals surface area (Å²) < 4.78 is 5.46. The van der Waals surface area contributed by atoms with E-state index in [1.165, 1.54) is 0 Å². The minimum absolute atomic E-state index is 0.139. The fourth-order valence-corrected chi connectivity index (χ4v) is 2.61. The molecule has 6 heteroatoms. The maximum atomic E-state index is 12.6. The lowest BCUT2D eigenvalue weighted by Crippen LogP contribution is -2.27. The number of carbonyl (C=O) groups is 1. The number of aliphatic hydroxyl groups is 1. The van der Waals surface area contributed by atoms with Crippen LogP contribution < -0.4 is 5.32 Å². The molecule has 0 aliphatic rings. The average Bonchev–Trinajstić information content (AvgIpc) is 3.05. The Morgan fingerprint density at radius 3 is 2.54 bits per heavy atom. The lowest BCUT2D eigenvalue weighted by Gasteiger charge is -2.06. The average molecular weight is 343 g/mol. The van der Waals surface area contributed by atoms with Gasteiger partial charge in [-0.05, 0) is 6.07 Å². The second kappa shape index (κ2) is 7.29. The van der Waals surface area contributed by atoms with Gasteiger partial charge in [-0.25, -0.2) is 0 Å². The van der Waals surface area contributed by atoms with E-state index < -0.39 is 0 Å². The molecule has 0 unspecified atom stereocenters. The summed E-state index contributed by atoms with van der Waals surface area (Å²) >= 11 is 6.24. The third kappa shape index (κ3) is 3.18. The first-order chi connectivity index (χ1) is 11.7. The Labute approximate surface area is 143 Å². The second-order valence-electron chi connectivity index (χ2n) is 5.06. The van der Waals surface area contributed by atoms with Gasteiger partial charge in [0, 0.05) is 17.7 Å². The molecule has 0 spiro atoms. The van der Waals surface area contributed by atoms with Crippen LogP contribution in [-0.4, -0.2) is 29.3 Å². The van der Waals surface area contributed by atoms with Crippen molar-refractivity contribution < 1.29 is 14.4 Å². The van der Waals surface area contributed by atoms with Crippen LogP contribution in [0.3, 0.4) is 0 Å². The smallest absolute Gasteiger partial charge is 0.257 e. The van der Waals surface area contributed by atoms with Gasteiger partial charge < -0.3 is 14.9 Å². The third-order valence-corrected chi connectivity index (χ3v) is 3.81. The van der Waals surface area contributed by atoms with E-state index in [0.717, 1.165) is 5.56 Å². The van der Waals surface area contributed by atoms with Gasteiger partial charge in [0.15, 0.2) is 5.76 Å². The molecule has 2 aromatic carbocycles. The van der Waals surface area contributed by atoms with Crippen molar-refractivity contribution in [2.24, 2.45) is 0 Å². The van der Waals surface area contributed by atoms with Crippen molar-refractivity contribution in [2.75, 3.05) is 13.2 Å². The second-order valence-corrected chi connectivity index (χ2v) is 5.47. The normalized spacial score (nSPS) is 10.6. The van der Waals surface area contributed by atoms with E-state index in [4.69, 9.17) is 21.2 Å². The van der Waals surface area contributed by atoms with E-state index in [0.29, 0.717) is 27.6 Å². The summed E-state index contributed by atoms with van der Waals surface area (Å²) in [4.78, 5) is 12.6. The summed E-state index contributed by atoms with van der Waals surface area (Å²) in [5.41, 5.74) is 2.01. The van der Waals surface area contributed by atoms with Gasteiger partial charge in [0.2, 0.25) is 0 Å². The van der Waals surface area contributed by atoms with Crippen LogP contribution in [0.2, 0.25) is 5.02 Å². The fraction of sp³-hybridized carbons (Fsp3) is 0.111. The zero-order valence-corrected chi connectivity index (χ0v) is 13.5. The van der Waals surface area contributed by atoms with Crippen LogP contribution in [0.25, 0.3) is 22.6 Å². The highest BCUT2D eigenvalue weighted by molar-refractivity contribution is 6.33. The third-order valence-electron chi connectivity index (χ3n) is 3.48. The molecule has 0 bridgehead atoms. The Hall–Kier alpha value is -2.63. The van der Waals surface area contributed by atoms with E-state index in [1.807, 2.05) is 36.4 Å². The molecule has 3 aromatic rings. The van der Waals surface area contributed by atoms with Crippen LogP contribution in [-0.2, 0) is 0 Å². The Bertz CT molecular complexity index is 846. The van der Waals surface area contributed by atoms with Gasteiger partial charge in [0.25, 0.3) is 5.91 Å². The van der Waals surface area contributed by atoms with E-state index in [2.05, 4.69) is 10.5 Å². The number of halogens is 1. The summed E-state index contributed by atoms with van der Waals surface area (Å²) in [6.07, 6.45) is 0. The van der Waals surface area contributed by atoms with Gasteiger partial charge in [0.1, 0.15) is 11.3 Å².